The summed E-state index contributed by atoms with van der Waals surface area (Å²) >= 11 is 0. The van der Waals surface area contributed by atoms with E-state index < -0.39 is 10.0 Å². The molecule has 3 heteroatoms. The lowest BCUT2D eigenvalue weighted by molar-refractivity contribution is 1.29. The van der Waals surface area contributed by atoms with Crippen LogP contribution in [0.2, 0.25) is 0 Å². The molecule has 2 nitrogen and oxygen atoms in total. The number of aromatic nitrogens is 1. The van der Waals surface area contributed by atoms with E-state index in [9.17, 15) is 5.26 Å². The van der Waals surface area contributed by atoms with Gasteiger partial charge < -0.3 is 0 Å². The highest BCUT2D eigenvalue weighted by Gasteiger charge is 2.37. The second-order valence-corrected chi connectivity index (χ2v) is 12.6. The van der Waals surface area contributed by atoms with Gasteiger partial charge in [-0.2, -0.15) is 15.3 Å². The van der Waals surface area contributed by atoms with Gasteiger partial charge in [0.15, 0.2) is 0 Å². The van der Waals surface area contributed by atoms with Gasteiger partial charge in [0.05, 0.1) is 11.3 Å². The molecular formula is C32H24N2S. The van der Waals surface area contributed by atoms with Crippen LogP contribution in [-0.2, 0) is 0 Å². The van der Waals surface area contributed by atoms with Crippen molar-refractivity contribution in [2.45, 2.75) is 9.79 Å². The van der Waals surface area contributed by atoms with Gasteiger partial charge in [-0.3, -0.25) is 4.98 Å². The number of pyridine rings is 1. The molecule has 4 aromatic carbocycles. The van der Waals surface area contributed by atoms with Crippen molar-refractivity contribution >= 4 is 10.0 Å². The predicted octanol–water partition coefficient (Wildman–Crippen LogP) is 8.42. The van der Waals surface area contributed by atoms with Crippen molar-refractivity contribution in [3.63, 3.8) is 0 Å². The van der Waals surface area contributed by atoms with Crippen LogP contribution < -0.4 is 0 Å². The normalized spacial score (nSPS) is 14.0. The zero-order valence-corrected chi connectivity index (χ0v) is 20.5. The number of hydrogen-bond donors (Lipinski definition) is 0. The molecule has 1 aromatic heterocycles. The SMILES string of the molecule is CS1(C)c2c(-c3ccccn3)cccc2-c2ccc(-c3ccc(-c4ccccc4)cc3)c(C#N)c21. The summed E-state index contributed by atoms with van der Waals surface area (Å²) in [6.07, 6.45) is 6.47. The van der Waals surface area contributed by atoms with Crippen LogP contribution in [-0.4, -0.2) is 17.5 Å². The molecule has 0 aliphatic carbocycles. The summed E-state index contributed by atoms with van der Waals surface area (Å²) in [4.78, 5) is 7.15. The van der Waals surface area contributed by atoms with Gasteiger partial charge in [-0.1, -0.05) is 91.0 Å². The Morgan fingerprint density at radius 3 is 1.91 bits per heavy atom. The van der Waals surface area contributed by atoms with Crippen molar-refractivity contribution in [3.05, 3.63) is 115 Å². The molecule has 1 aliphatic heterocycles. The first-order chi connectivity index (χ1) is 17.1. The summed E-state index contributed by atoms with van der Waals surface area (Å²) in [6, 6.07) is 38.4. The number of nitriles is 1. The lowest BCUT2D eigenvalue weighted by Crippen LogP contribution is -1.99. The Balaban J connectivity index is 1.51. The zero-order valence-electron chi connectivity index (χ0n) is 19.7. The van der Waals surface area contributed by atoms with Gasteiger partial charge in [-0.25, -0.2) is 0 Å². The minimum Gasteiger partial charge on any atom is -0.256 e. The molecule has 0 bridgehead atoms. The third kappa shape index (κ3) is 3.38. The van der Waals surface area contributed by atoms with Crippen LogP contribution in [0.5, 0.6) is 0 Å². The first-order valence-electron chi connectivity index (χ1n) is 11.6. The van der Waals surface area contributed by atoms with Gasteiger partial charge in [0, 0.05) is 27.1 Å². The summed E-state index contributed by atoms with van der Waals surface area (Å²) < 4.78 is 0. The highest BCUT2D eigenvalue weighted by atomic mass is 32.3. The topological polar surface area (TPSA) is 36.7 Å². The largest absolute Gasteiger partial charge is 0.256 e. The minimum absolute atomic E-state index is 0.790. The van der Waals surface area contributed by atoms with E-state index in [1.165, 1.54) is 32.0 Å². The minimum atomic E-state index is -1.43. The average molecular weight is 469 g/mol. The van der Waals surface area contributed by atoms with E-state index in [2.05, 4.69) is 108 Å². The van der Waals surface area contributed by atoms with E-state index in [0.29, 0.717) is 0 Å². The summed E-state index contributed by atoms with van der Waals surface area (Å²) in [5.41, 5.74) is 9.77. The molecule has 2 heterocycles. The molecule has 35 heavy (non-hydrogen) atoms. The second kappa shape index (κ2) is 8.27. The van der Waals surface area contributed by atoms with Crippen LogP contribution in [0, 0.1) is 11.3 Å². The van der Waals surface area contributed by atoms with Crippen LogP contribution in [0.4, 0.5) is 0 Å². The third-order valence-electron chi connectivity index (χ3n) is 6.84. The maximum Gasteiger partial charge on any atom is 0.101 e. The molecule has 0 atom stereocenters. The van der Waals surface area contributed by atoms with Crippen molar-refractivity contribution in [3.8, 4) is 50.7 Å². The quantitative estimate of drug-likeness (QED) is 0.266. The Morgan fingerprint density at radius 2 is 1.20 bits per heavy atom. The molecule has 0 saturated carbocycles. The van der Waals surface area contributed by atoms with Crippen LogP contribution in [0.1, 0.15) is 5.56 Å². The Labute approximate surface area is 207 Å². The fraction of sp³-hybridized carbons (Fsp3) is 0.0625. The molecule has 0 radical (unpaired) electrons. The molecule has 6 rings (SSSR count). The zero-order chi connectivity index (χ0) is 24.0. The molecule has 0 saturated heterocycles. The standard InChI is InChI=1S/C32H24N2S/c1-35(2)31-26(11-8-12-28(31)30-13-6-7-20-34-30)27-19-18-25(29(21-33)32(27)35)24-16-14-23(15-17-24)22-9-4-3-5-10-22/h3-20H,1-2H3. The van der Waals surface area contributed by atoms with E-state index >= 15 is 0 Å². The summed E-state index contributed by atoms with van der Waals surface area (Å²) in [5.74, 6) is 0. The Hall–Kier alpha value is -4.13. The fourth-order valence-corrected chi connectivity index (χ4v) is 8.32. The molecule has 5 aromatic rings. The monoisotopic (exact) mass is 468 g/mol. The Morgan fingerprint density at radius 1 is 0.571 bits per heavy atom. The van der Waals surface area contributed by atoms with Crippen molar-refractivity contribution in [1.82, 2.24) is 4.98 Å². The van der Waals surface area contributed by atoms with Gasteiger partial charge in [-0.05, 0) is 52.5 Å². The van der Waals surface area contributed by atoms with E-state index in [1.807, 2.05) is 24.4 Å². The van der Waals surface area contributed by atoms with E-state index in [1.54, 1.807) is 0 Å². The second-order valence-electron chi connectivity index (χ2n) is 9.14. The fourth-order valence-electron chi connectivity index (χ4n) is 5.27. The highest BCUT2D eigenvalue weighted by molar-refractivity contribution is 8.33. The highest BCUT2D eigenvalue weighted by Crippen LogP contribution is 2.70. The number of hydrogen-bond acceptors (Lipinski definition) is 2. The van der Waals surface area contributed by atoms with Gasteiger partial charge in [0.2, 0.25) is 0 Å². The first kappa shape index (κ1) is 21.4. The van der Waals surface area contributed by atoms with E-state index in [4.69, 9.17) is 0 Å². The van der Waals surface area contributed by atoms with Crippen LogP contribution in [0.15, 0.2) is 119 Å². The van der Waals surface area contributed by atoms with Gasteiger partial charge in [0.1, 0.15) is 6.07 Å². The number of rotatable bonds is 3. The summed E-state index contributed by atoms with van der Waals surface area (Å²) in [7, 11) is -1.43. The van der Waals surface area contributed by atoms with Crippen LogP contribution in [0.3, 0.4) is 0 Å². The number of benzene rings is 4. The van der Waals surface area contributed by atoms with Gasteiger partial charge in [-0.15, -0.1) is 0 Å². The number of nitrogens with zero attached hydrogens (tertiary/aromatic N) is 2. The van der Waals surface area contributed by atoms with Crippen LogP contribution >= 0.6 is 10.0 Å². The first-order valence-corrected chi connectivity index (χ1v) is 14.1. The molecular weight excluding hydrogens is 444 g/mol. The van der Waals surface area contributed by atoms with Crippen molar-refractivity contribution in [2.75, 3.05) is 12.5 Å². The van der Waals surface area contributed by atoms with E-state index in [-0.39, 0.29) is 0 Å². The molecule has 168 valence electrons. The van der Waals surface area contributed by atoms with Crippen molar-refractivity contribution < 1.29 is 0 Å². The van der Waals surface area contributed by atoms with Gasteiger partial charge in [0.25, 0.3) is 0 Å². The lowest BCUT2D eigenvalue weighted by atomic mass is 9.93. The molecule has 0 fully saturated rings. The molecule has 0 amide bonds. The molecule has 0 spiro atoms. The van der Waals surface area contributed by atoms with Gasteiger partial charge >= 0.3 is 0 Å². The third-order valence-corrected chi connectivity index (χ3v) is 9.74. The molecule has 0 N–H and O–H groups in total. The maximum atomic E-state index is 10.4. The average Bonchev–Trinajstić information content (AvgIpc) is 3.16. The molecule has 0 unspecified atom stereocenters. The van der Waals surface area contributed by atoms with Crippen LogP contribution in [0.25, 0.3) is 44.6 Å². The Kier molecular flexibility index (Phi) is 5.06. The van der Waals surface area contributed by atoms with E-state index in [0.717, 1.165) is 27.9 Å². The predicted molar refractivity (Wildman–Crippen MR) is 147 cm³/mol. The summed E-state index contributed by atoms with van der Waals surface area (Å²) in [6.45, 7) is 0. The van der Waals surface area contributed by atoms with Crippen molar-refractivity contribution in [2.24, 2.45) is 0 Å². The summed E-state index contributed by atoms with van der Waals surface area (Å²) in [5, 5.41) is 10.4. The smallest absolute Gasteiger partial charge is 0.101 e. The molecule has 1 aliphatic rings. The number of fused-ring (bicyclic) bond motifs is 3. The lowest BCUT2D eigenvalue weighted by Gasteiger charge is -2.31. The Bertz CT molecular complexity index is 1600. The maximum absolute atomic E-state index is 10.4. The van der Waals surface area contributed by atoms with Crippen molar-refractivity contribution in [1.29, 1.82) is 5.26 Å².